The first kappa shape index (κ1) is 23.5. The maximum absolute atomic E-state index is 12.7. The van der Waals surface area contributed by atoms with E-state index in [-0.39, 0.29) is 23.5 Å². The zero-order valence-corrected chi connectivity index (χ0v) is 20.4. The number of amides is 2. The Bertz CT molecular complexity index is 1410. The van der Waals surface area contributed by atoms with Crippen molar-refractivity contribution in [3.63, 3.8) is 0 Å². The minimum Gasteiger partial charge on any atom is -0.497 e. The minimum atomic E-state index is -0.668. The summed E-state index contributed by atoms with van der Waals surface area (Å²) in [6.07, 6.45) is 3.27. The molecule has 0 aliphatic carbocycles. The average Bonchev–Trinajstić information content (AvgIpc) is 3.37. The van der Waals surface area contributed by atoms with Crippen LogP contribution in [0.5, 0.6) is 5.75 Å². The van der Waals surface area contributed by atoms with E-state index in [1.54, 1.807) is 43.1 Å². The molecule has 1 fully saturated rings. The van der Waals surface area contributed by atoms with Crippen LogP contribution in [0.4, 0.5) is 17.3 Å². The molecule has 1 aliphatic heterocycles. The molecule has 4 aromatic rings. The van der Waals surface area contributed by atoms with Crippen molar-refractivity contribution < 1.29 is 14.3 Å². The number of primary amides is 1. The molecule has 4 N–H and O–H groups in total. The summed E-state index contributed by atoms with van der Waals surface area (Å²) in [4.78, 5) is 40.1. The maximum Gasteiger partial charge on any atom is 0.271 e. The van der Waals surface area contributed by atoms with Crippen LogP contribution in [0, 0.1) is 0 Å². The van der Waals surface area contributed by atoms with Gasteiger partial charge in [0.25, 0.3) is 11.8 Å². The highest BCUT2D eigenvalue weighted by atomic mass is 32.1. The van der Waals surface area contributed by atoms with E-state index in [1.807, 2.05) is 18.2 Å². The highest BCUT2D eigenvalue weighted by Crippen LogP contribution is 2.27. The number of ether oxygens (including phenoxy) is 1. The zero-order chi connectivity index (χ0) is 25.1. The van der Waals surface area contributed by atoms with Crippen LogP contribution in [0.2, 0.25) is 0 Å². The van der Waals surface area contributed by atoms with E-state index in [2.05, 4.69) is 30.5 Å². The van der Waals surface area contributed by atoms with Crippen molar-refractivity contribution in [2.24, 2.45) is 5.73 Å². The van der Waals surface area contributed by atoms with Gasteiger partial charge in [0.15, 0.2) is 11.5 Å². The van der Waals surface area contributed by atoms with Crippen molar-refractivity contribution >= 4 is 50.7 Å². The molecule has 1 aliphatic rings. The number of methoxy groups -OCH3 is 1. The molecule has 5 rings (SSSR count). The lowest BCUT2D eigenvalue weighted by Crippen LogP contribution is -2.48. The van der Waals surface area contributed by atoms with E-state index in [0.717, 1.165) is 35.3 Å². The zero-order valence-electron chi connectivity index (χ0n) is 19.6. The number of hydrogen-bond acceptors (Lipinski definition) is 9. The molecule has 3 heterocycles. The number of rotatable bonds is 7. The first-order valence-corrected chi connectivity index (χ1v) is 12.3. The highest BCUT2D eigenvalue weighted by molar-refractivity contribution is 7.16. The minimum absolute atomic E-state index is 0.0592. The van der Waals surface area contributed by atoms with E-state index in [4.69, 9.17) is 10.5 Å². The summed E-state index contributed by atoms with van der Waals surface area (Å²) in [5.74, 6) is 0.780. The molecule has 2 aromatic carbocycles. The van der Waals surface area contributed by atoms with Gasteiger partial charge in [0.2, 0.25) is 0 Å². The number of piperidine rings is 1. The Balaban J connectivity index is 1.32. The van der Waals surface area contributed by atoms with Gasteiger partial charge in [0, 0.05) is 30.4 Å². The third-order valence-electron chi connectivity index (χ3n) is 6.02. The van der Waals surface area contributed by atoms with Gasteiger partial charge < -0.3 is 26.0 Å². The number of anilines is 3. The van der Waals surface area contributed by atoms with Crippen LogP contribution >= 0.6 is 11.3 Å². The van der Waals surface area contributed by atoms with Gasteiger partial charge in [-0.05, 0) is 55.3 Å². The average molecular weight is 504 g/mol. The Kier molecular flexibility index (Phi) is 6.63. The largest absolute Gasteiger partial charge is 0.497 e. The number of aromatic nitrogens is 3. The molecular formula is C25H25N7O3S. The SMILES string of the molecule is COc1ccc(C(=O)NC2CCCN(c3cnc(C(N)=O)c(Nc4ccc5ncsc5c4)n3)C2)cc1. The monoisotopic (exact) mass is 503 g/mol. The molecule has 184 valence electrons. The Morgan fingerprint density at radius 3 is 2.78 bits per heavy atom. The van der Waals surface area contributed by atoms with Gasteiger partial charge >= 0.3 is 0 Å². The second-order valence-corrected chi connectivity index (χ2v) is 9.32. The van der Waals surface area contributed by atoms with E-state index >= 15 is 0 Å². The summed E-state index contributed by atoms with van der Waals surface area (Å²) >= 11 is 1.53. The van der Waals surface area contributed by atoms with Crippen LogP contribution in [-0.4, -0.2) is 53.0 Å². The molecule has 2 amide bonds. The van der Waals surface area contributed by atoms with Gasteiger partial charge in [-0.15, -0.1) is 11.3 Å². The Hall–Kier alpha value is -4.25. The second-order valence-electron chi connectivity index (χ2n) is 8.44. The van der Waals surface area contributed by atoms with Crippen LogP contribution in [0.25, 0.3) is 10.2 Å². The smallest absolute Gasteiger partial charge is 0.271 e. The van der Waals surface area contributed by atoms with E-state index in [1.165, 1.54) is 11.3 Å². The standard InChI is InChI=1S/C25H25N7O3S/c1-35-18-7-4-15(5-8-18)25(34)30-17-3-2-10-32(13-17)21-12-27-22(23(26)33)24(31-21)29-16-6-9-19-20(11-16)36-14-28-19/h4-9,11-12,14,17H,2-3,10,13H2,1H3,(H2,26,33)(H,29,31)(H,30,34). The molecule has 2 aromatic heterocycles. The summed E-state index contributed by atoms with van der Waals surface area (Å²) in [5.41, 5.74) is 9.63. The molecule has 36 heavy (non-hydrogen) atoms. The molecule has 0 spiro atoms. The fourth-order valence-electron chi connectivity index (χ4n) is 4.18. The highest BCUT2D eigenvalue weighted by Gasteiger charge is 2.24. The van der Waals surface area contributed by atoms with Gasteiger partial charge in [-0.25, -0.2) is 15.0 Å². The number of fused-ring (bicyclic) bond motifs is 1. The number of benzene rings is 2. The predicted octanol–water partition coefficient (Wildman–Crippen LogP) is 3.34. The number of carbonyl (C=O) groups excluding carboxylic acids is 2. The molecule has 10 nitrogen and oxygen atoms in total. The van der Waals surface area contributed by atoms with Crippen LogP contribution in [0.3, 0.4) is 0 Å². The summed E-state index contributed by atoms with van der Waals surface area (Å²) < 4.78 is 6.17. The summed E-state index contributed by atoms with van der Waals surface area (Å²) in [7, 11) is 1.59. The number of hydrogen-bond donors (Lipinski definition) is 3. The third kappa shape index (κ3) is 5.05. The summed E-state index contributed by atoms with van der Waals surface area (Å²) in [6.45, 7) is 1.32. The van der Waals surface area contributed by atoms with Gasteiger partial charge in [-0.1, -0.05) is 0 Å². The van der Waals surface area contributed by atoms with Crippen LogP contribution in [-0.2, 0) is 0 Å². The lowest BCUT2D eigenvalue weighted by Gasteiger charge is -2.34. The molecule has 0 radical (unpaired) electrons. The van der Waals surface area contributed by atoms with Crippen LogP contribution in [0.1, 0.15) is 33.7 Å². The number of nitrogens with one attached hydrogen (secondary N) is 2. The summed E-state index contributed by atoms with van der Waals surface area (Å²) in [6, 6.07) is 12.7. The number of carbonyl (C=O) groups is 2. The molecule has 0 saturated carbocycles. The van der Waals surface area contributed by atoms with Crippen molar-refractivity contribution in [2.45, 2.75) is 18.9 Å². The van der Waals surface area contributed by atoms with Crippen molar-refractivity contribution in [3.05, 3.63) is 65.4 Å². The van der Waals surface area contributed by atoms with Gasteiger partial charge in [0.1, 0.15) is 11.6 Å². The van der Waals surface area contributed by atoms with Crippen molar-refractivity contribution in [1.29, 1.82) is 0 Å². The molecule has 11 heteroatoms. The fourth-order valence-corrected chi connectivity index (χ4v) is 4.90. The Morgan fingerprint density at radius 1 is 1.17 bits per heavy atom. The number of nitrogens with zero attached hydrogens (tertiary/aromatic N) is 4. The Labute approximate surface area is 211 Å². The maximum atomic E-state index is 12.7. The topological polar surface area (TPSA) is 135 Å². The van der Waals surface area contributed by atoms with E-state index in [0.29, 0.717) is 23.7 Å². The van der Waals surface area contributed by atoms with E-state index in [9.17, 15) is 9.59 Å². The van der Waals surface area contributed by atoms with Crippen molar-refractivity contribution in [3.8, 4) is 5.75 Å². The van der Waals surface area contributed by atoms with E-state index < -0.39 is 5.91 Å². The number of nitrogens with two attached hydrogens (primary N) is 1. The first-order valence-electron chi connectivity index (χ1n) is 11.5. The molecule has 1 saturated heterocycles. The summed E-state index contributed by atoms with van der Waals surface area (Å²) in [5, 5.41) is 6.29. The molecule has 1 unspecified atom stereocenters. The quantitative estimate of drug-likeness (QED) is 0.349. The third-order valence-corrected chi connectivity index (χ3v) is 6.81. The van der Waals surface area contributed by atoms with Crippen LogP contribution in [0.15, 0.2) is 54.2 Å². The first-order chi connectivity index (χ1) is 17.5. The molecular weight excluding hydrogens is 478 g/mol. The van der Waals surface area contributed by atoms with Gasteiger partial charge in [-0.2, -0.15) is 0 Å². The lowest BCUT2D eigenvalue weighted by atomic mass is 10.0. The lowest BCUT2D eigenvalue weighted by molar-refractivity contribution is 0.0932. The molecule has 0 bridgehead atoms. The molecule has 1 atom stereocenters. The van der Waals surface area contributed by atoms with Crippen molar-refractivity contribution in [2.75, 3.05) is 30.4 Å². The number of thiazole rings is 1. The van der Waals surface area contributed by atoms with Gasteiger partial charge in [0.05, 0.1) is 29.0 Å². The fraction of sp³-hybridized carbons (Fsp3) is 0.240. The normalized spacial score (nSPS) is 15.5. The predicted molar refractivity (Wildman–Crippen MR) is 139 cm³/mol. The second kappa shape index (κ2) is 10.2. The van der Waals surface area contributed by atoms with Crippen LogP contribution < -0.4 is 26.0 Å². The van der Waals surface area contributed by atoms with Crippen molar-refractivity contribution in [1.82, 2.24) is 20.3 Å². The van der Waals surface area contributed by atoms with Gasteiger partial charge in [-0.3, -0.25) is 9.59 Å². The Morgan fingerprint density at radius 2 is 2.00 bits per heavy atom.